The molecule has 1 aliphatic carbocycles. The van der Waals surface area contributed by atoms with E-state index in [4.69, 9.17) is 4.74 Å². The fraction of sp³-hybridized carbons (Fsp3) is 0.900. The summed E-state index contributed by atoms with van der Waals surface area (Å²) in [6, 6.07) is 0.455. The summed E-state index contributed by atoms with van der Waals surface area (Å²) >= 11 is 0. The van der Waals surface area contributed by atoms with Crippen LogP contribution in [0, 0.1) is 11.3 Å². The number of ether oxygens (including phenoxy) is 1. The number of hydrogen-bond acceptors (Lipinski definition) is 2. The molecule has 12 heavy (non-hydrogen) atoms. The third-order valence-electron chi connectivity index (χ3n) is 3.67. The van der Waals surface area contributed by atoms with Crippen LogP contribution in [0.3, 0.4) is 0 Å². The van der Waals surface area contributed by atoms with Crippen molar-refractivity contribution in [3.8, 4) is 0 Å². The summed E-state index contributed by atoms with van der Waals surface area (Å²) in [5.41, 5.74) is 0.576. The van der Waals surface area contributed by atoms with Gasteiger partial charge in [-0.2, -0.15) is 0 Å². The molecule has 0 amide bonds. The van der Waals surface area contributed by atoms with Crippen LogP contribution in [0.4, 0.5) is 0 Å². The van der Waals surface area contributed by atoms with E-state index in [-0.39, 0.29) is 0 Å². The molecule has 0 aromatic carbocycles. The summed E-state index contributed by atoms with van der Waals surface area (Å²) in [6.07, 6.45) is 3.83. The van der Waals surface area contributed by atoms with Crippen molar-refractivity contribution in [1.29, 1.82) is 0 Å². The van der Waals surface area contributed by atoms with Gasteiger partial charge in [0.1, 0.15) is 0 Å². The zero-order valence-corrected chi connectivity index (χ0v) is 8.13. The molecule has 1 saturated carbocycles. The molecule has 0 radical (unpaired) electrons. The van der Waals surface area contributed by atoms with Gasteiger partial charge in [0.05, 0.1) is 13.2 Å². The Morgan fingerprint density at radius 3 is 2.58 bits per heavy atom. The van der Waals surface area contributed by atoms with Gasteiger partial charge < -0.3 is 4.74 Å². The number of methoxy groups -OCH3 is 1. The largest absolute Gasteiger partial charge is 0.484 e. The van der Waals surface area contributed by atoms with Crippen molar-refractivity contribution in [3.05, 3.63) is 0 Å². The molecular formula is C10H17NO. The molecule has 68 valence electrons. The van der Waals surface area contributed by atoms with E-state index >= 15 is 0 Å². The Morgan fingerprint density at radius 2 is 2.08 bits per heavy atom. The van der Waals surface area contributed by atoms with E-state index in [1.165, 1.54) is 12.8 Å². The molecule has 2 rings (SSSR count). The Morgan fingerprint density at radius 1 is 1.42 bits per heavy atom. The molecule has 2 atom stereocenters. The number of aliphatic imine (C=N–C) groups is 1. The maximum Gasteiger partial charge on any atom is 0.183 e. The molecule has 1 spiro atoms. The molecular weight excluding hydrogens is 150 g/mol. The van der Waals surface area contributed by atoms with E-state index in [1.807, 2.05) is 0 Å². The van der Waals surface area contributed by atoms with E-state index in [9.17, 15) is 0 Å². The summed E-state index contributed by atoms with van der Waals surface area (Å²) in [5.74, 6) is 1.72. The molecule has 2 heteroatoms. The van der Waals surface area contributed by atoms with Crippen molar-refractivity contribution in [3.63, 3.8) is 0 Å². The Hall–Kier alpha value is -0.530. The molecule has 2 unspecified atom stereocenters. The monoisotopic (exact) mass is 167 g/mol. The second-order valence-corrected chi connectivity index (χ2v) is 4.30. The lowest BCUT2D eigenvalue weighted by atomic mass is 9.81. The second kappa shape index (κ2) is 2.48. The van der Waals surface area contributed by atoms with Gasteiger partial charge in [0, 0.05) is 6.42 Å². The quantitative estimate of drug-likeness (QED) is 0.542. The van der Waals surface area contributed by atoms with Gasteiger partial charge in [0.15, 0.2) is 5.90 Å². The zero-order chi connectivity index (χ0) is 8.77. The molecule has 0 aromatic rings. The first-order valence-corrected chi connectivity index (χ1v) is 4.79. The van der Waals surface area contributed by atoms with Crippen LogP contribution >= 0.6 is 0 Å². The lowest BCUT2D eigenvalue weighted by Gasteiger charge is -2.31. The summed E-state index contributed by atoms with van der Waals surface area (Å²) < 4.78 is 5.24. The standard InChI is InChI=1S/C10H17NO/c1-7-8(2)11-9(12-3)6-10(7)4-5-10/h7-8H,4-6H2,1-3H3. The molecule has 2 nitrogen and oxygen atoms in total. The maximum atomic E-state index is 5.24. The fourth-order valence-electron chi connectivity index (χ4n) is 2.28. The SMILES string of the molecule is COC1=NC(C)C(C)C2(CC2)C1. The van der Waals surface area contributed by atoms with Gasteiger partial charge in [-0.05, 0) is 31.1 Å². The van der Waals surface area contributed by atoms with Gasteiger partial charge in [0.2, 0.25) is 0 Å². The lowest BCUT2D eigenvalue weighted by Crippen LogP contribution is -2.32. The van der Waals surface area contributed by atoms with E-state index in [2.05, 4.69) is 18.8 Å². The average Bonchev–Trinajstić information content (AvgIpc) is 2.81. The molecule has 0 bridgehead atoms. The Balaban J connectivity index is 2.19. The maximum absolute atomic E-state index is 5.24. The highest BCUT2D eigenvalue weighted by Crippen LogP contribution is 2.58. The molecule has 1 aliphatic heterocycles. The van der Waals surface area contributed by atoms with Gasteiger partial charge in [0.25, 0.3) is 0 Å². The van der Waals surface area contributed by atoms with E-state index < -0.39 is 0 Å². The number of hydrogen-bond donors (Lipinski definition) is 0. The van der Waals surface area contributed by atoms with Crippen molar-refractivity contribution in [2.75, 3.05) is 7.11 Å². The Bertz CT molecular complexity index is 218. The highest BCUT2D eigenvalue weighted by atomic mass is 16.5. The zero-order valence-electron chi connectivity index (χ0n) is 8.13. The van der Waals surface area contributed by atoms with E-state index in [1.54, 1.807) is 7.11 Å². The Kier molecular flexibility index (Phi) is 1.67. The van der Waals surface area contributed by atoms with Crippen molar-refractivity contribution in [2.45, 2.75) is 39.2 Å². The van der Waals surface area contributed by atoms with Crippen LogP contribution in [0.1, 0.15) is 33.1 Å². The molecule has 1 fully saturated rings. The highest BCUT2D eigenvalue weighted by molar-refractivity contribution is 5.78. The first kappa shape index (κ1) is 8.09. The highest BCUT2D eigenvalue weighted by Gasteiger charge is 2.52. The van der Waals surface area contributed by atoms with Crippen molar-refractivity contribution in [2.24, 2.45) is 16.3 Å². The Labute approximate surface area is 74.0 Å². The van der Waals surface area contributed by atoms with Crippen LogP contribution < -0.4 is 0 Å². The summed E-state index contributed by atoms with van der Waals surface area (Å²) in [4.78, 5) is 4.51. The first-order chi connectivity index (χ1) is 5.68. The third kappa shape index (κ3) is 1.05. The first-order valence-electron chi connectivity index (χ1n) is 4.79. The third-order valence-corrected chi connectivity index (χ3v) is 3.67. The van der Waals surface area contributed by atoms with Gasteiger partial charge in [-0.25, -0.2) is 0 Å². The molecule has 0 N–H and O–H groups in total. The van der Waals surface area contributed by atoms with Crippen LogP contribution in [0.2, 0.25) is 0 Å². The molecule has 0 aromatic heterocycles. The lowest BCUT2D eigenvalue weighted by molar-refractivity contribution is 0.248. The number of nitrogens with zero attached hydrogens (tertiary/aromatic N) is 1. The van der Waals surface area contributed by atoms with Crippen molar-refractivity contribution < 1.29 is 4.74 Å². The van der Waals surface area contributed by atoms with Crippen LogP contribution in [-0.4, -0.2) is 19.0 Å². The average molecular weight is 167 g/mol. The molecule has 0 saturated heterocycles. The molecule has 1 heterocycles. The summed E-state index contributed by atoms with van der Waals surface area (Å²) in [6.45, 7) is 4.52. The van der Waals surface area contributed by atoms with Gasteiger partial charge >= 0.3 is 0 Å². The summed E-state index contributed by atoms with van der Waals surface area (Å²) in [5, 5.41) is 0. The number of rotatable bonds is 0. The van der Waals surface area contributed by atoms with Crippen molar-refractivity contribution in [1.82, 2.24) is 0 Å². The summed E-state index contributed by atoms with van der Waals surface area (Å²) in [7, 11) is 1.73. The van der Waals surface area contributed by atoms with Crippen LogP contribution in [0.15, 0.2) is 4.99 Å². The smallest absolute Gasteiger partial charge is 0.183 e. The van der Waals surface area contributed by atoms with Gasteiger partial charge in [-0.3, -0.25) is 4.99 Å². The minimum absolute atomic E-state index is 0.455. The minimum Gasteiger partial charge on any atom is -0.484 e. The topological polar surface area (TPSA) is 21.6 Å². The van der Waals surface area contributed by atoms with Gasteiger partial charge in [-0.15, -0.1) is 0 Å². The van der Waals surface area contributed by atoms with Crippen LogP contribution in [0.25, 0.3) is 0 Å². The minimum atomic E-state index is 0.455. The van der Waals surface area contributed by atoms with E-state index in [0.717, 1.165) is 18.2 Å². The predicted molar refractivity (Wildman–Crippen MR) is 49.4 cm³/mol. The van der Waals surface area contributed by atoms with Gasteiger partial charge in [-0.1, -0.05) is 6.92 Å². The normalized spacial score (nSPS) is 37.8. The van der Waals surface area contributed by atoms with E-state index in [0.29, 0.717) is 11.5 Å². The van der Waals surface area contributed by atoms with Crippen LogP contribution in [-0.2, 0) is 4.74 Å². The predicted octanol–water partition coefficient (Wildman–Crippen LogP) is 2.24. The van der Waals surface area contributed by atoms with Crippen LogP contribution in [0.5, 0.6) is 0 Å². The molecule has 2 aliphatic rings. The second-order valence-electron chi connectivity index (χ2n) is 4.30. The van der Waals surface area contributed by atoms with Crippen molar-refractivity contribution >= 4 is 5.90 Å². The fourth-order valence-corrected chi connectivity index (χ4v) is 2.28.